The highest BCUT2D eigenvalue weighted by Gasteiger charge is 2.25. The first kappa shape index (κ1) is 14.8. The molecule has 4 N–H and O–H groups in total. The number of nitrogens with zero attached hydrogens (tertiary/aromatic N) is 2. The van der Waals surface area contributed by atoms with Crippen LogP contribution in [-0.2, 0) is 9.59 Å². The maximum absolute atomic E-state index is 11.7. The van der Waals surface area contributed by atoms with Crippen molar-refractivity contribution < 1.29 is 14.7 Å². The highest BCUT2D eigenvalue weighted by Crippen LogP contribution is 2.01. The number of nitrogens with one attached hydrogen (secondary N) is 1. The van der Waals surface area contributed by atoms with E-state index in [1.807, 2.05) is 4.90 Å². The third-order valence-corrected chi connectivity index (χ3v) is 2.84. The first-order valence-corrected chi connectivity index (χ1v) is 6.14. The van der Waals surface area contributed by atoms with E-state index in [1.165, 1.54) is 4.90 Å². The Hall–Kier alpha value is -1.25. The minimum Gasteiger partial charge on any atom is -0.395 e. The summed E-state index contributed by atoms with van der Waals surface area (Å²) in [4.78, 5) is 26.9. The fourth-order valence-corrected chi connectivity index (χ4v) is 1.77. The summed E-state index contributed by atoms with van der Waals surface area (Å²) >= 11 is 4.61. The molecular weight excluding hydrogens is 256 g/mol. The molecule has 0 aromatic heterocycles. The summed E-state index contributed by atoms with van der Waals surface area (Å²) in [6.45, 7) is 3.02. The van der Waals surface area contributed by atoms with Crippen molar-refractivity contribution in [3.63, 3.8) is 0 Å². The molecule has 0 aromatic carbocycles. The zero-order valence-electron chi connectivity index (χ0n) is 10.1. The highest BCUT2D eigenvalue weighted by atomic mass is 32.1. The Morgan fingerprint density at radius 1 is 1.28 bits per heavy atom. The molecule has 1 rings (SSSR count). The Morgan fingerprint density at radius 3 is 2.39 bits per heavy atom. The molecule has 0 atom stereocenters. The average molecular weight is 274 g/mol. The Bertz CT molecular complexity index is 329. The van der Waals surface area contributed by atoms with Gasteiger partial charge in [0, 0.05) is 32.7 Å². The minimum atomic E-state index is -0.682. The molecule has 18 heavy (non-hydrogen) atoms. The molecule has 1 heterocycles. The summed E-state index contributed by atoms with van der Waals surface area (Å²) in [5.41, 5.74) is 5.23. The van der Waals surface area contributed by atoms with Gasteiger partial charge in [-0.25, -0.2) is 0 Å². The quantitative estimate of drug-likeness (QED) is 0.388. The van der Waals surface area contributed by atoms with Crippen LogP contribution in [0, 0.1) is 0 Å². The van der Waals surface area contributed by atoms with Crippen LogP contribution in [-0.4, -0.2) is 77.6 Å². The van der Waals surface area contributed by atoms with E-state index in [9.17, 15) is 9.59 Å². The fourth-order valence-electron chi connectivity index (χ4n) is 1.70. The highest BCUT2D eigenvalue weighted by molar-refractivity contribution is 7.80. The number of nitrogens with two attached hydrogens (primary N) is 1. The molecule has 0 saturated carbocycles. The van der Waals surface area contributed by atoms with Crippen LogP contribution in [0.3, 0.4) is 0 Å². The zero-order chi connectivity index (χ0) is 13.5. The van der Waals surface area contributed by atoms with Crippen molar-refractivity contribution in [2.75, 3.05) is 45.9 Å². The number of carbonyl (C=O) groups is 2. The van der Waals surface area contributed by atoms with Gasteiger partial charge >= 0.3 is 11.8 Å². The Labute approximate surface area is 111 Å². The van der Waals surface area contributed by atoms with Crippen LogP contribution in [0.2, 0.25) is 0 Å². The number of amides is 2. The lowest BCUT2D eigenvalue weighted by Crippen LogP contribution is -2.53. The third-order valence-electron chi connectivity index (χ3n) is 2.69. The van der Waals surface area contributed by atoms with E-state index in [4.69, 9.17) is 10.8 Å². The minimum absolute atomic E-state index is 0.0321. The maximum atomic E-state index is 11.7. The lowest BCUT2D eigenvalue weighted by molar-refractivity contribution is -0.146. The van der Waals surface area contributed by atoms with Crippen LogP contribution in [0.5, 0.6) is 0 Å². The van der Waals surface area contributed by atoms with E-state index < -0.39 is 11.8 Å². The molecule has 102 valence electrons. The van der Waals surface area contributed by atoms with E-state index in [2.05, 4.69) is 17.5 Å². The molecule has 0 bridgehead atoms. The molecule has 0 unspecified atom stereocenters. The van der Waals surface area contributed by atoms with Gasteiger partial charge in [0.25, 0.3) is 0 Å². The lowest BCUT2D eigenvalue weighted by Gasteiger charge is -2.33. The van der Waals surface area contributed by atoms with Crippen LogP contribution in [0.15, 0.2) is 0 Å². The van der Waals surface area contributed by atoms with Gasteiger partial charge < -0.3 is 21.1 Å². The second-order valence-electron chi connectivity index (χ2n) is 4.01. The van der Waals surface area contributed by atoms with Crippen molar-refractivity contribution in [2.24, 2.45) is 5.73 Å². The molecule has 1 aliphatic heterocycles. The van der Waals surface area contributed by atoms with Gasteiger partial charge in [0.05, 0.1) is 18.1 Å². The number of piperazine rings is 1. The van der Waals surface area contributed by atoms with Gasteiger partial charge in [-0.15, -0.1) is 0 Å². The summed E-state index contributed by atoms with van der Waals surface area (Å²) in [6.07, 6.45) is 0. The molecule has 1 saturated heterocycles. The van der Waals surface area contributed by atoms with Gasteiger partial charge in [-0.2, -0.15) is 0 Å². The number of β-amino-alcohol motifs (C(OH)–C–C–N with tert-alkyl or cyclic N) is 1. The van der Waals surface area contributed by atoms with Crippen molar-refractivity contribution >= 4 is 29.0 Å². The van der Waals surface area contributed by atoms with Gasteiger partial charge in [0.2, 0.25) is 0 Å². The molecular formula is C10H18N4O3S. The van der Waals surface area contributed by atoms with Crippen LogP contribution in [0.4, 0.5) is 0 Å². The third kappa shape index (κ3) is 4.55. The summed E-state index contributed by atoms with van der Waals surface area (Å²) in [6, 6.07) is 0. The van der Waals surface area contributed by atoms with Crippen LogP contribution in [0.25, 0.3) is 0 Å². The monoisotopic (exact) mass is 274 g/mol. The molecule has 2 amide bonds. The summed E-state index contributed by atoms with van der Waals surface area (Å²) in [5.74, 6) is -1.24. The van der Waals surface area contributed by atoms with Crippen molar-refractivity contribution in [1.29, 1.82) is 0 Å². The predicted octanol–water partition coefficient (Wildman–Crippen LogP) is -2.47. The van der Waals surface area contributed by atoms with Crippen molar-refractivity contribution in [1.82, 2.24) is 15.1 Å². The van der Waals surface area contributed by atoms with Crippen molar-refractivity contribution in [3.8, 4) is 0 Å². The van der Waals surface area contributed by atoms with E-state index in [0.29, 0.717) is 32.7 Å². The summed E-state index contributed by atoms with van der Waals surface area (Å²) in [5, 5.41) is 11.2. The average Bonchev–Trinajstić information content (AvgIpc) is 2.36. The second-order valence-corrected chi connectivity index (χ2v) is 4.53. The van der Waals surface area contributed by atoms with Gasteiger partial charge in [-0.3, -0.25) is 14.5 Å². The number of aliphatic hydroxyl groups excluding tert-OH is 1. The van der Waals surface area contributed by atoms with E-state index in [-0.39, 0.29) is 18.1 Å². The van der Waals surface area contributed by atoms with Gasteiger partial charge in [-0.05, 0) is 0 Å². The number of hydrogen-bond acceptors (Lipinski definition) is 5. The zero-order valence-corrected chi connectivity index (χ0v) is 10.9. The Morgan fingerprint density at radius 2 is 1.89 bits per heavy atom. The van der Waals surface area contributed by atoms with Crippen LogP contribution in [0.1, 0.15) is 0 Å². The molecule has 1 aliphatic rings. The summed E-state index contributed by atoms with van der Waals surface area (Å²) < 4.78 is 0. The smallest absolute Gasteiger partial charge is 0.311 e. The standard InChI is InChI=1S/C10H18N4O3S/c11-8(18)7-12-9(16)10(17)14-3-1-13(2-4-14)5-6-15/h15H,1-7H2,(H2,11,18)(H,12,16). The van der Waals surface area contributed by atoms with Gasteiger partial charge in [0.1, 0.15) is 0 Å². The number of rotatable bonds is 4. The Balaban J connectivity index is 2.35. The van der Waals surface area contributed by atoms with Crippen molar-refractivity contribution in [3.05, 3.63) is 0 Å². The van der Waals surface area contributed by atoms with E-state index in [1.54, 1.807) is 0 Å². The van der Waals surface area contributed by atoms with Crippen LogP contribution < -0.4 is 11.1 Å². The molecule has 0 aromatic rings. The number of carbonyl (C=O) groups excluding carboxylic acids is 2. The molecule has 8 heteroatoms. The maximum Gasteiger partial charge on any atom is 0.311 e. The second kappa shape index (κ2) is 7.24. The molecule has 0 radical (unpaired) electrons. The first-order valence-electron chi connectivity index (χ1n) is 5.73. The van der Waals surface area contributed by atoms with E-state index in [0.717, 1.165) is 0 Å². The first-order chi connectivity index (χ1) is 8.54. The topological polar surface area (TPSA) is 98.9 Å². The Kier molecular flexibility index (Phi) is 5.96. The number of aliphatic hydroxyl groups is 1. The summed E-state index contributed by atoms with van der Waals surface area (Å²) in [7, 11) is 0. The van der Waals surface area contributed by atoms with Gasteiger partial charge in [0.15, 0.2) is 0 Å². The SMILES string of the molecule is NC(=S)CNC(=O)C(=O)N1CCN(CCO)CC1. The van der Waals surface area contributed by atoms with Crippen molar-refractivity contribution in [2.45, 2.75) is 0 Å². The normalized spacial score (nSPS) is 16.4. The van der Waals surface area contributed by atoms with Crippen LogP contribution >= 0.6 is 12.2 Å². The predicted molar refractivity (Wildman–Crippen MR) is 69.9 cm³/mol. The fraction of sp³-hybridized carbons (Fsp3) is 0.700. The van der Waals surface area contributed by atoms with Gasteiger partial charge in [-0.1, -0.05) is 12.2 Å². The molecule has 0 aliphatic carbocycles. The number of thiocarbonyl (C=S) groups is 1. The molecule has 7 nitrogen and oxygen atoms in total. The van der Waals surface area contributed by atoms with E-state index >= 15 is 0 Å². The molecule has 1 fully saturated rings. The number of hydrogen-bond donors (Lipinski definition) is 3. The molecule has 0 spiro atoms. The largest absolute Gasteiger partial charge is 0.395 e. The lowest BCUT2D eigenvalue weighted by atomic mass is 10.3.